The monoisotopic (exact) mass is 407 g/mol. The minimum absolute atomic E-state index is 0.369. The van der Waals surface area contributed by atoms with Crippen LogP contribution >= 0.6 is 0 Å². The fraction of sp³-hybridized carbons (Fsp3) is 0.261. The Morgan fingerprint density at radius 2 is 1.80 bits per heavy atom. The maximum Gasteiger partial charge on any atom is 0.425 e. The van der Waals surface area contributed by atoms with Crippen molar-refractivity contribution in [3.05, 3.63) is 84.4 Å². The quantitative estimate of drug-likeness (QED) is 0.610. The van der Waals surface area contributed by atoms with E-state index in [-0.39, 0.29) is 0 Å². The van der Waals surface area contributed by atoms with Gasteiger partial charge in [-0.3, -0.25) is 0 Å². The summed E-state index contributed by atoms with van der Waals surface area (Å²) in [6.07, 6.45) is 3.02. The summed E-state index contributed by atoms with van der Waals surface area (Å²) in [5.41, 5.74) is 1.84. The third-order valence-electron chi connectivity index (χ3n) is 4.59. The highest BCUT2D eigenvalue weighted by atomic mass is 16.6. The van der Waals surface area contributed by atoms with Gasteiger partial charge in [0.2, 0.25) is 0 Å². The number of aromatic nitrogens is 2. The number of nitrogens with zero attached hydrogens (tertiary/aromatic N) is 3. The lowest BCUT2D eigenvalue weighted by Crippen LogP contribution is -2.38. The largest absolute Gasteiger partial charge is 0.441 e. The summed E-state index contributed by atoms with van der Waals surface area (Å²) in [6, 6.07) is 15.8. The average Bonchev–Trinajstić information content (AvgIpc) is 3.39. The fourth-order valence-electron chi connectivity index (χ4n) is 3.23. The number of ether oxygens (including phenoxy) is 2. The van der Waals surface area contributed by atoms with E-state index < -0.39 is 24.3 Å². The van der Waals surface area contributed by atoms with Gasteiger partial charge in [-0.25, -0.2) is 19.5 Å². The summed E-state index contributed by atoms with van der Waals surface area (Å²) in [4.78, 5) is 30.4. The van der Waals surface area contributed by atoms with Crippen LogP contribution in [0.4, 0.5) is 9.59 Å². The number of carbonyl (C=O) groups is 2. The van der Waals surface area contributed by atoms with Gasteiger partial charge in [-0.2, -0.15) is 0 Å². The number of amides is 2. The van der Waals surface area contributed by atoms with Crippen molar-refractivity contribution in [2.45, 2.75) is 39.5 Å². The van der Waals surface area contributed by atoms with Crippen molar-refractivity contribution in [2.24, 2.45) is 0 Å². The van der Waals surface area contributed by atoms with E-state index in [0.29, 0.717) is 12.3 Å². The molecule has 3 aromatic rings. The Bertz CT molecular complexity index is 956. The lowest BCUT2D eigenvalue weighted by atomic mass is 10.0. The van der Waals surface area contributed by atoms with Gasteiger partial charge >= 0.3 is 12.2 Å². The third-order valence-corrected chi connectivity index (χ3v) is 4.59. The van der Waals surface area contributed by atoms with Crippen LogP contribution in [0.1, 0.15) is 31.0 Å². The average molecular weight is 407 g/mol. The van der Waals surface area contributed by atoms with Crippen molar-refractivity contribution < 1.29 is 19.1 Å². The van der Waals surface area contributed by atoms with Gasteiger partial charge in [0.25, 0.3) is 0 Å². The number of rotatable bonds is 4. The summed E-state index contributed by atoms with van der Waals surface area (Å²) in [5.74, 6) is 0.369. The summed E-state index contributed by atoms with van der Waals surface area (Å²) in [6.45, 7) is 6.31. The van der Waals surface area contributed by atoms with E-state index in [0.717, 1.165) is 16.0 Å². The lowest BCUT2D eigenvalue weighted by Gasteiger charge is -2.23. The van der Waals surface area contributed by atoms with Crippen molar-refractivity contribution >= 4 is 12.2 Å². The molecule has 4 rings (SSSR count). The Morgan fingerprint density at radius 1 is 1.10 bits per heavy atom. The molecule has 1 aromatic heterocycles. The molecule has 1 saturated heterocycles. The molecule has 156 valence electrons. The minimum Gasteiger partial charge on any atom is -0.441 e. The van der Waals surface area contributed by atoms with Gasteiger partial charge < -0.3 is 14.0 Å². The van der Waals surface area contributed by atoms with Crippen LogP contribution in [0.3, 0.4) is 0 Å². The maximum absolute atomic E-state index is 12.8. The van der Waals surface area contributed by atoms with Crippen LogP contribution in [0.2, 0.25) is 0 Å². The molecule has 2 unspecified atom stereocenters. The first-order valence-corrected chi connectivity index (χ1v) is 9.91. The molecule has 1 fully saturated rings. The second kappa shape index (κ2) is 9.73. The molecule has 0 saturated carbocycles. The van der Waals surface area contributed by atoms with Crippen molar-refractivity contribution in [3.8, 4) is 5.75 Å². The maximum atomic E-state index is 12.8. The van der Waals surface area contributed by atoms with E-state index in [1.165, 1.54) is 0 Å². The van der Waals surface area contributed by atoms with Crippen LogP contribution in [0.5, 0.6) is 5.75 Å². The molecule has 0 radical (unpaired) electrons. The molecular weight excluding hydrogens is 382 g/mol. The molecule has 2 heterocycles. The zero-order chi connectivity index (χ0) is 21.5. The molecule has 0 bridgehead atoms. The number of imidazole rings is 1. The summed E-state index contributed by atoms with van der Waals surface area (Å²) in [7, 11) is 0. The first kappa shape index (κ1) is 21.1. The summed E-state index contributed by atoms with van der Waals surface area (Å²) in [5, 5.41) is 0. The number of benzene rings is 2. The van der Waals surface area contributed by atoms with Gasteiger partial charge in [-0.15, -0.1) is 0 Å². The molecule has 30 heavy (non-hydrogen) atoms. The van der Waals surface area contributed by atoms with Crippen LogP contribution in [0, 0.1) is 6.92 Å². The highest BCUT2D eigenvalue weighted by molar-refractivity contribution is 5.91. The molecular formula is C23H25N3O4. The standard InChI is InChI=1S/C21H19N3O4.C2H6/c1-15-7-9-17(10-8-15)27-20(25)24-19(16-5-3-2-4-6-16)18(28-21(24)26)13-23-12-11-22-14-23;1-2/h2-12,14,18-19H,13H2,1H3;1-2H3. The molecule has 2 aromatic carbocycles. The second-order valence-electron chi connectivity index (χ2n) is 6.59. The highest BCUT2D eigenvalue weighted by Crippen LogP contribution is 2.35. The van der Waals surface area contributed by atoms with E-state index in [2.05, 4.69) is 4.98 Å². The highest BCUT2D eigenvalue weighted by Gasteiger charge is 2.47. The number of carbonyl (C=O) groups excluding carboxylic acids is 2. The van der Waals surface area contributed by atoms with E-state index in [9.17, 15) is 9.59 Å². The zero-order valence-corrected chi connectivity index (χ0v) is 17.3. The van der Waals surface area contributed by atoms with E-state index >= 15 is 0 Å². The van der Waals surface area contributed by atoms with Crippen LogP contribution < -0.4 is 4.74 Å². The van der Waals surface area contributed by atoms with Gasteiger partial charge in [0.05, 0.1) is 12.9 Å². The predicted molar refractivity (Wildman–Crippen MR) is 112 cm³/mol. The Morgan fingerprint density at radius 3 is 2.43 bits per heavy atom. The predicted octanol–water partition coefficient (Wildman–Crippen LogP) is 4.98. The van der Waals surface area contributed by atoms with Crippen LogP contribution in [0.25, 0.3) is 0 Å². The zero-order valence-electron chi connectivity index (χ0n) is 17.3. The third kappa shape index (κ3) is 4.68. The van der Waals surface area contributed by atoms with Crippen LogP contribution in [-0.4, -0.2) is 32.7 Å². The Hall–Kier alpha value is -3.61. The lowest BCUT2D eigenvalue weighted by molar-refractivity contribution is 0.119. The molecule has 2 atom stereocenters. The van der Waals surface area contributed by atoms with Gasteiger partial charge in [0.1, 0.15) is 17.9 Å². The molecule has 1 aliphatic rings. The molecule has 2 amide bonds. The molecule has 7 nitrogen and oxygen atoms in total. The smallest absolute Gasteiger partial charge is 0.425 e. The number of hydrogen-bond donors (Lipinski definition) is 0. The van der Waals surface area contributed by atoms with Crippen molar-refractivity contribution in [2.75, 3.05) is 0 Å². The molecule has 0 spiro atoms. The van der Waals surface area contributed by atoms with Gasteiger partial charge in [-0.05, 0) is 24.6 Å². The first-order chi connectivity index (χ1) is 14.6. The molecule has 0 N–H and O–H groups in total. The molecule has 7 heteroatoms. The SMILES string of the molecule is CC.Cc1ccc(OC(=O)N2C(=O)OC(Cn3ccnc3)C2c2ccccc2)cc1. The first-order valence-electron chi connectivity index (χ1n) is 9.91. The van der Waals surface area contributed by atoms with Crippen molar-refractivity contribution in [1.29, 1.82) is 0 Å². The van der Waals surface area contributed by atoms with E-state index in [1.807, 2.05) is 67.8 Å². The fourth-order valence-corrected chi connectivity index (χ4v) is 3.23. The normalized spacial score (nSPS) is 17.7. The van der Waals surface area contributed by atoms with E-state index in [1.54, 1.807) is 30.9 Å². The van der Waals surface area contributed by atoms with Gasteiger partial charge in [0, 0.05) is 12.4 Å². The second-order valence-corrected chi connectivity index (χ2v) is 6.59. The summed E-state index contributed by atoms with van der Waals surface area (Å²) < 4.78 is 12.8. The molecule has 0 aliphatic carbocycles. The Balaban J connectivity index is 0.00000124. The molecule has 1 aliphatic heterocycles. The number of aryl methyl sites for hydroxylation is 1. The topological polar surface area (TPSA) is 73.7 Å². The Kier molecular flexibility index (Phi) is 6.85. The van der Waals surface area contributed by atoms with Crippen LogP contribution in [0.15, 0.2) is 73.3 Å². The Labute approximate surface area is 175 Å². The minimum atomic E-state index is -0.768. The van der Waals surface area contributed by atoms with Crippen molar-refractivity contribution in [3.63, 3.8) is 0 Å². The van der Waals surface area contributed by atoms with Crippen molar-refractivity contribution in [1.82, 2.24) is 14.5 Å². The number of imide groups is 1. The number of cyclic esters (lactones) is 1. The van der Waals surface area contributed by atoms with Gasteiger partial charge in [-0.1, -0.05) is 61.9 Å². The van der Waals surface area contributed by atoms with E-state index in [4.69, 9.17) is 9.47 Å². The number of hydrogen-bond acceptors (Lipinski definition) is 5. The van der Waals surface area contributed by atoms with Gasteiger partial charge in [0.15, 0.2) is 0 Å². The summed E-state index contributed by atoms with van der Waals surface area (Å²) >= 11 is 0. The van der Waals surface area contributed by atoms with Crippen LogP contribution in [-0.2, 0) is 11.3 Å².